The molecule has 12 N–H and O–H groups in total. The number of Topliss-reactive ketones (excluding diaryl/α,β-unsaturated/α-hetero) is 1. The molecule has 27 heteroatoms. The second-order valence-electron chi connectivity index (χ2n) is 15.1. The number of carbonyl (C=O) groups excluding carboxylic acids is 7. The van der Waals surface area contributed by atoms with Crippen LogP contribution < -0.4 is 4.74 Å². The van der Waals surface area contributed by atoms with Crippen LogP contribution in [0.25, 0.3) is 11.1 Å². The number of ketones is 1. The van der Waals surface area contributed by atoms with Gasteiger partial charge in [0.05, 0.1) is 28.2 Å². The SMILES string of the molecule is O=C(O)C(=O)C[C@@H]1C(=O)O[C@H]2[C@H]3OC(=O)c4cc(O)c(O)c(O)c4-c4c(cc(O)c(O)c4O)C(=O)OC[C@H]2O[C@@H](OC(=O)c2cc(O)c(O)c(O)c2)[C@@H]3OC(=O)c2cc(O)c(O)c3c2[C@H]1C(=O)O3. The average molecular weight is 953 g/mol. The van der Waals surface area contributed by atoms with Crippen LogP contribution in [-0.2, 0) is 47.6 Å². The van der Waals surface area contributed by atoms with Crippen molar-refractivity contribution in [2.45, 2.75) is 43.0 Å². The van der Waals surface area contributed by atoms with E-state index >= 15 is 0 Å². The molecule has 1 fully saturated rings. The van der Waals surface area contributed by atoms with Gasteiger partial charge in [-0.05, 0) is 30.3 Å². The number of esters is 6. The Hall–Kier alpha value is -9.40. The standard InChI is InChI=1S/C41H28O27/c42-13-1-8(2-14(43)24(13)48)35(56)68-41-33-32-30(64-39(60)12(6-18(47)34(54)55)23-22-11(38(59)67-33)5-17(46)27(51)31(22)65-40(23)61)19(63-41)7-62-36(57)9-3-15(44)25(49)28(52)20(9)21-10(37(58)66-32)4-16(45)26(50)29(21)53/h1-5,12,19,23,30,32-33,41-46,48-53H,6-7H2,(H,54,55)/t12-,19+,23-,30+,32+,33+,41-/m0/s1. The number of hydrogen-bond donors (Lipinski definition) is 12. The Morgan fingerprint density at radius 2 is 1.09 bits per heavy atom. The van der Waals surface area contributed by atoms with Gasteiger partial charge in [-0.3, -0.25) is 14.4 Å². The summed E-state index contributed by atoms with van der Waals surface area (Å²) in [5.41, 5.74) is -7.04. The third kappa shape index (κ3) is 7.23. The minimum Gasteiger partial charge on any atom is -0.504 e. The van der Waals surface area contributed by atoms with Gasteiger partial charge in [0.2, 0.25) is 35.4 Å². The van der Waals surface area contributed by atoms with Gasteiger partial charge in [-0.25, -0.2) is 24.0 Å². The first-order valence-electron chi connectivity index (χ1n) is 19.0. The summed E-state index contributed by atoms with van der Waals surface area (Å²) in [4.78, 5) is 109. The van der Waals surface area contributed by atoms with Gasteiger partial charge in [-0.15, -0.1) is 0 Å². The van der Waals surface area contributed by atoms with Crippen LogP contribution in [0.15, 0.2) is 30.3 Å². The van der Waals surface area contributed by atoms with E-state index in [0.29, 0.717) is 30.3 Å². The molecule has 0 aromatic heterocycles. The molecule has 68 heavy (non-hydrogen) atoms. The Kier molecular flexibility index (Phi) is 10.8. The fourth-order valence-electron chi connectivity index (χ4n) is 7.85. The van der Waals surface area contributed by atoms with Crippen LogP contribution in [0.3, 0.4) is 0 Å². The summed E-state index contributed by atoms with van der Waals surface area (Å²) in [5.74, 6) is -34.0. The highest BCUT2D eigenvalue weighted by molar-refractivity contribution is 6.33. The second-order valence-corrected chi connectivity index (χ2v) is 15.1. The molecule has 0 spiro atoms. The summed E-state index contributed by atoms with van der Waals surface area (Å²) in [6.45, 7) is -1.32. The molecule has 0 saturated carbocycles. The molecule has 7 atom stereocenters. The minimum atomic E-state index is -2.58. The molecule has 4 bridgehead atoms. The number of cyclic esters (lactones) is 1. The van der Waals surface area contributed by atoms with Gasteiger partial charge in [-0.1, -0.05) is 0 Å². The predicted octanol–water partition coefficient (Wildman–Crippen LogP) is 0.206. The lowest BCUT2D eigenvalue weighted by atomic mass is 9.81. The summed E-state index contributed by atoms with van der Waals surface area (Å²) in [6.07, 6.45) is -13.8. The topological polar surface area (TPSA) is 444 Å². The number of carboxylic acids is 1. The molecule has 0 unspecified atom stereocenters. The molecule has 4 heterocycles. The van der Waals surface area contributed by atoms with Gasteiger partial charge in [-0.2, -0.15) is 0 Å². The van der Waals surface area contributed by atoms with E-state index in [4.69, 9.17) is 33.2 Å². The van der Waals surface area contributed by atoms with Crippen LogP contribution in [0.4, 0.5) is 0 Å². The number of carboxylic acid groups (broad SMARTS) is 1. The lowest BCUT2D eigenvalue weighted by Gasteiger charge is -2.44. The largest absolute Gasteiger partial charge is 0.504 e. The van der Waals surface area contributed by atoms with E-state index in [9.17, 15) is 99.6 Å². The van der Waals surface area contributed by atoms with E-state index in [1.165, 1.54) is 0 Å². The zero-order valence-corrected chi connectivity index (χ0v) is 33.3. The summed E-state index contributed by atoms with van der Waals surface area (Å²) < 4.78 is 38.8. The number of phenolic OH excluding ortho intramolecular Hbond substituents is 11. The number of carbonyl (C=O) groups is 8. The van der Waals surface area contributed by atoms with Gasteiger partial charge < -0.3 is 94.4 Å². The quantitative estimate of drug-likeness (QED) is 0.0418. The number of rotatable bonds is 5. The molecule has 27 nitrogen and oxygen atoms in total. The molecule has 4 aromatic rings. The van der Waals surface area contributed by atoms with E-state index in [-0.39, 0.29) is 0 Å². The van der Waals surface area contributed by atoms with Gasteiger partial charge in [0.25, 0.3) is 0 Å². The summed E-state index contributed by atoms with van der Waals surface area (Å²) in [7, 11) is 0. The first kappa shape index (κ1) is 45.2. The van der Waals surface area contributed by atoms with Crippen molar-refractivity contribution in [1.82, 2.24) is 0 Å². The van der Waals surface area contributed by atoms with E-state index in [1.807, 2.05) is 0 Å². The maximum absolute atomic E-state index is 14.6. The van der Waals surface area contributed by atoms with E-state index in [1.54, 1.807) is 0 Å². The molecule has 4 aliphatic heterocycles. The van der Waals surface area contributed by atoms with Gasteiger partial charge in [0.1, 0.15) is 18.6 Å². The Morgan fingerprint density at radius 1 is 0.574 bits per heavy atom. The first-order valence-corrected chi connectivity index (χ1v) is 19.0. The molecule has 0 radical (unpaired) electrons. The van der Waals surface area contributed by atoms with E-state index < -0.39 is 211 Å². The average Bonchev–Trinajstić information content (AvgIpc) is 3.62. The van der Waals surface area contributed by atoms with Gasteiger partial charge >= 0.3 is 41.8 Å². The van der Waals surface area contributed by atoms with Crippen molar-refractivity contribution in [1.29, 1.82) is 0 Å². The number of ether oxygens (including phenoxy) is 7. The number of aliphatic carboxylic acids is 1. The zero-order valence-electron chi connectivity index (χ0n) is 33.3. The second kappa shape index (κ2) is 16.2. The Morgan fingerprint density at radius 3 is 1.68 bits per heavy atom. The number of phenols is 11. The number of aromatic hydroxyl groups is 11. The lowest BCUT2D eigenvalue weighted by molar-refractivity contribution is -0.287. The molecular formula is C41H28O27. The zero-order chi connectivity index (χ0) is 49.5. The molecular weight excluding hydrogens is 924 g/mol. The third-order valence-electron chi connectivity index (χ3n) is 11.0. The highest BCUT2D eigenvalue weighted by atomic mass is 16.7. The Bertz CT molecular complexity index is 2950. The van der Waals surface area contributed by atoms with Crippen LogP contribution in [0.5, 0.6) is 69.0 Å². The summed E-state index contributed by atoms with van der Waals surface area (Å²) >= 11 is 0. The van der Waals surface area contributed by atoms with Crippen molar-refractivity contribution >= 4 is 47.6 Å². The monoisotopic (exact) mass is 952 g/mol. The van der Waals surface area contributed by atoms with Gasteiger partial charge in [0, 0.05) is 23.1 Å². The molecule has 4 aliphatic rings. The molecule has 1 saturated heterocycles. The molecule has 8 rings (SSSR count). The van der Waals surface area contributed by atoms with Gasteiger partial charge in [0.15, 0.2) is 64.0 Å². The molecule has 4 aromatic carbocycles. The third-order valence-corrected chi connectivity index (χ3v) is 11.0. The van der Waals surface area contributed by atoms with Crippen LogP contribution >= 0.6 is 0 Å². The van der Waals surface area contributed by atoms with Crippen molar-refractivity contribution in [3.05, 3.63) is 58.1 Å². The van der Waals surface area contributed by atoms with Crippen molar-refractivity contribution < 1.29 is 133 Å². The normalized spacial score (nSPS) is 22.9. The molecule has 354 valence electrons. The smallest absolute Gasteiger partial charge is 0.372 e. The lowest BCUT2D eigenvalue weighted by Crippen LogP contribution is -2.63. The maximum atomic E-state index is 14.6. The molecule has 0 amide bonds. The van der Waals surface area contributed by atoms with Crippen molar-refractivity contribution in [2.75, 3.05) is 6.61 Å². The highest BCUT2D eigenvalue weighted by Gasteiger charge is 2.58. The van der Waals surface area contributed by atoms with Crippen LogP contribution in [0, 0.1) is 5.92 Å². The number of fused-ring (bicyclic) bond motifs is 3. The number of benzene rings is 4. The van der Waals surface area contributed by atoms with E-state index in [2.05, 4.69) is 0 Å². The Balaban J connectivity index is 1.38. The summed E-state index contributed by atoms with van der Waals surface area (Å²) in [5, 5.41) is 125. The van der Waals surface area contributed by atoms with Crippen LogP contribution in [0.2, 0.25) is 0 Å². The highest BCUT2D eigenvalue weighted by Crippen LogP contribution is 2.54. The fourth-order valence-corrected chi connectivity index (χ4v) is 7.85. The summed E-state index contributed by atoms with van der Waals surface area (Å²) in [6, 6.07) is 2.36. The number of hydrogen-bond acceptors (Lipinski definition) is 26. The van der Waals surface area contributed by atoms with Crippen LogP contribution in [-0.4, -0.2) is 146 Å². The van der Waals surface area contributed by atoms with Crippen LogP contribution in [0.1, 0.15) is 59.3 Å². The van der Waals surface area contributed by atoms with E-state index in [0.717, 1.165) is 0 Å². The molecule has 0 aliphatic carbocycles. The Labute approximate surface area is 373 Å². The first-order chi connectivity index (χ1) is 32.0. The van der Waals surface area contributed by atoms with Crippen molar-refractivity contribution in [3.8, 4) is 80.1 Å². The van der Waals surface area contributed by atoms with Crippen molar-refractivity contribution in [2.24, 2.45) is 5.92 Å². The predicted molar refractivity (Wildman–Crippen MR) is 205 cm³/mol. The minimum absolute atomic E-state index is 0.355. The fraction of sp³-hybridized carbons (Fsp3) is 0.220. The van der Waals surface area contributed by atoms with Crippen molar-refractivity contribution in [3.63, 3.8) is 0 Å². The maximum Gasteiger partial charge on any atom is 0.372 e.